The Hall–Kier alpha value is -2.68. The third kappa shape index (κ3) is 4.48. The van der Waals surface area contributed by atoms with E-state index < -0.39 is 24.5 Å². The van der Waals surface area contributed by atoms with Crippen molar-refractivity contribution in [2.45, 2.75) is 12.7 Å². The largest absolute Gasteiger partial charge is 0.468 e. The summed E-state index contributed by atoms with van der Waals surface area (Å²) in [5, 5.41) is 3.21. The van der Waals surface area contributed by atoms with Crippen molar-refractivity contribution in [1.29, 1.82) is 0 Å². The molecule has 3 rings (SSSR count). The van der Waals surface area contributed by atoms with Gasteiger partial charge in [0.05, 0.1) is 4.88 Å². The van der Waals surface area contributed by atoms with Crippen molar-refractivity contribution < 1.29 is 27.1 Å². The highest BCUT2D eigenvalue weighted by Gasteiger charge is 2.29. The van der Waals surface area contributed by atoms with Gasteiger partial charge >= 0.3 is 6.18 Å². The van der Waals surface area contributed by atoms with Gasteiger partial charge in [-0.1, -0.05) is 6.07 Å². The molecule has 26 heavy (non-hydrogen) atoms. The number of alkyl halides is 3. The molecule has 0 bridgehead atoms. The van der Waals surface area contributed by atoms with Gasteiger partial charge in [0.15, 0.2) is 6.61 Å². The highest BCUT2D eigenvalue weighted by atomic mass is 32.1. The molecule has 2 heterocycles. The van der Waals surface area contributed by atoms with Crippen molar-refractivity contribution in [1.82, 2.24) is 10.3 Å². The number of halogens is 4. The number of carbonyl (C=O) groups excluding carboxylic acids is 1. The van der Waals surface area contributed by atoms with Crippen LogP contribution in [-0.2, 0) is 6.54 Å². The van der Waals surface area contributed by atoms with Crippen molar-refractivity contribution in [2.24, 2.45) is 0 Å². The molecule has 0 aliphatic heterocycles. The van der Waals surface area contributed by atoms with Crippen LogP contribution in [0.1, 0.15) is 15.2 Å². The van der Waals surface area contributed by atoms with E-state index in [1.807, 2.05) is 0 Å². The molecular formula is C17H12F4N2O2S. The van der Waals surface area contributed by atoms with Crippen LogP contribution in [0.15, 0.2) is 42.6 Å². The Bertz CT molecular complexity index is 940. The maximum Gasteiger partial charge on any atom is 0.422 e. The highest BCUT2D eigenvalue weighted by Crippen LogP contribution is 2.26. The number of carbonyl (C=O) groups is 1. The number of nitrogens with one attached hydrogen (secondary N) is 1. The smallest absolute Gasteiger partial charge is 0.422 e. The first-order valence-corrected chi connectivity index (χ1v) is 8.24. The van der Waals surface area contributed by atoms with E-state index in [-0.39, 0.29) is 12.4 Å². The third-order valence-corrected chi connectivity index (χ3v) is 4.48. The molecule has 0 aliphatic rings. The zero-order chi connectivity index (χ0) is 18.7. The van der Waals surface area contributed by atoms with E-state index in [0.29, 0.717) is 15.8 Å². The fraction of sp³-hybridized carbons (Fsp3) is 0.176. The summed E-state index contributed by atoms with van der Waals surface area (Å²) in [6, 6.07) is 8.82. The van der Waals surface area contributed by atoms with Gasteiger partial charge in [0, 0.05) is 23.0 Å². The van der Waals surface area contributed by atoms with Gasteiger partial charge < -0.3 is 10.1 Å². The minimum absolute atomic E-state index is 0.0531. The number of hydrogen-bond donors (Lipinski definition) is 1. The number of rotatable bonds is 5. The number of amides is 1. The van der Waals surface area contributed by atoms with Crippen LogP contribution in [0.3, 0.4) is 0 Å². The maximum atomic E-state index is 13.2. The summed E-state index contributed by atoms with van der Waals surface area (Å²) in [5.74, 6) is -1.01. The van der Waals surface area contributed by atoms with Crippen molar-refractivity contribution in [3.63, 3.8) is 0 Å². The monoisotopic (exact) mass is 384 g/mol. The molecule has 136 valence electrons. The standard InChI is InChI=1S/C17H12F4N2O2S/c18-12-3-4-13-11(6-12)7-14(26-13)15(24)23-8-10-2-1-5-22-16(10)25-9-17(19,20)21/h1-7H,8-9H2,(H,23,24). The van der Waals surface area contributed by atoms with E-state index in [2.05, 4.69) is 15.0 Å². The van der Waals surface area contributed by atoms with Crippen molar-refractivity contribution >= 4 is 27.3 Å². The lowest BCUT2D eigenvalue weighted by molar-refractivity contribution is -0.154. The van der Waals surface area contributed by atoms with E-state index >= 15 is 0 Å². The Labute approximate surface area is 149 Å². The maximum absolute atomic E-state index is 13.2. The second kappa shape index (κ2) is 7.28. The van der Waals surface area contributed by atoms with Gasteiger partial charge in [-0.25, -0.2) is 9.37 Å². The molecule has 0 atom stereocenters. The minimum atomic E-state index is -4.48. The number of ether oxygens (including phenoxy) is 1. The molecule has 0 unspecified atom stereocenters. The van der Waals surface area contributed by atoms with Crippen molar-refractivity contribution in [3.05, 3.63) is 58.9 Å². The van der Waals surface area contributed by atoms with Crippen LogP contribution in [0.2, 0.25) is 0 Å². The summed E-state index contributed by atoms with van der Waals surface area (Å²) in [7, 11) is 0. The number of nitrogens with zero attached hydrogens (tertiary/aromatic N) is 1. The molecule has 3 aromatic rings. The van der Waals surface area contributed by atoms with Crippen molar-refractivity contribution in [3.8, 4) is 5.88 Å². The molecule has 4 nitrogen and oxygen atoms in total. The lowest BCUT2D eigenvalue weighted by Crippen LogP contribution is -2.24. The Morgan fingerprint density at radius 2 is 2.04 bits per heavy atom. The Morgan fingerprint density at radius 3 is 2.81 bits per heavy atom. The third-order valence-electron chi connectivity index (χ3n) is 3.36. The molecule has 0 aliphatic carbocycles. The van der Waals surface area contributed by atoms with Gasteiger partial charge in [-0.3, -0.25) is 4.79 Å². The zero-order valence-corrected chi connectivity index (χ0v) is 14.0. The van der Waals surface area contributed by atoms with Crippen LogP contribution in [0.4, 0.5) is 17.6 Å². The molecule has 0 spiro atoms. The number of thiophene rings is 1. The van der Waals surface area contributed by atoms with E-state index in [1.165, 1.54) is 41.8 Å². The van der Waals surface area contributed by atoms with Crippen LogP contribution in [-0.4, -0.2) is 23.7 Å². The molecule has 0 radical (unpaired) electrons. The fourth-order valence-corrected chi connectivity index (χ4v) is 3.19. The highest BCUT2D eigenvalue weighted by molar-refractivity contribution is 7.20. The van der Waals surface area contributed by atoms with Gasteiger partial charge in [0.25, 0.3) is 5.91 Å². The summed E-state index contributed by atoms with van der Waals surface area (Å²) in [6.07, 6.45) is -3.18. The van der Waals surface area contributed by atoms with Gasteiger partial charge in [0.1, 0.15) is 5.82 Å². The summed E-state index contributed by atoms with van der Waals surface area (Å²) < 4.78 is 55.5. The summed E-state index contributed by atoms with van der Waals surface area (Å²) in [6.45, 7) is -1.52. The van der Waals surface area contributed by atoms with E-state index in [9.17, 15) is 22.4 Å². The minimum Gasteiger partial charge on any atom is -0.468 e. The summed E-state index contributed by atoms with van der Waals surface area (Å²) >= 11 is 1.19. The SMILES string of the molecule is O=C(NCc1cccnc1OCC(F)(F)F)c1cc2cc(F)ccc2s1. The second-order valence-electron chi connectivity index (χ2n) is 5.35. The molecule has 1 amide bonds. The number of fused-ring (bicyclic) bond motifs is 1. The summed E-state index contributed by atoms with van der Waals surface area (Å²) in [5.41, 5.74) is 0.317. The molecule has 0 saturated heterocycles. The molecule has 1 aromatic carbocycles. The number of hydrogen-bond acceptors (Lipinski definition) is 4. The van der Waals surface area contributed by atoms with Crippen LogP contribution < -0.4 is 10.1 Å². The molecular weight excluding hydrogens is 372 g/mol. The topological polar surface area (TPSA) is 51.2 Å². The van der Waals surface area contributed by atoms with Crippen molar-refractivity contribution in [2.75, 3.05) is 6.61 Å². The van der Waals surface area contributed by atoms with E-state index in [1.54, 1.807) is 12.1 Å². The lowest BCUT2D eigenvalue weighted by atomic mass is 10.2. The molecule has 9 heteroatoms. The fourth-order valence-electron chi connectivity index (χ4n) is 2.23. The van der Waals surface area contributed by atoms with Crippen LogP contribution in [0, 0.1) is 5.82 Å². The van der Waals surface area contributed by atoms with E-state index in [4.69, 9.17) is 0 Å². The normalized spacial score (nSPS) is 11.5. The van der Waals surface area contributed by atoms with Gasteiger partial charge in [-0.05, 0) is 35.7 Å². The number of pyridine rings is 1. The first-order chi connectivity index (χ1) is 12.3. The molecule has 1 N–H and O–H groups in total. The number of benzene rings is 1. The van der Waals surface area contributed by atoms with Crippen LogP contribution in [0.25, 0.3) is 10.1 Å². The quantitative estimate of drug-likeness (QED) is 0.667. The predicted molar refractivity (Wildman–Crippen MR) is 88.7 cm³/mol. The van der Waals surface area contributed by atoms with Gasteiger partial charge in [-0.2, -0.15) is 13.2 Å². The van der Waals surface area contributed by atoms with Gasteiger partial charge in [0.2, 0.25) is 5.88 Å². The first-order valence-electron chi connectivity index (χ1n) is 7.42. The molecule has 0 fully saturated rings. The second-order valence-corrected chi connectivity index (χ2v) is 6.43. The Kier molecular flexibility index (Phi) is 5.08. The number of aromatic nitrogens is 1. The predicted octanol–water partition coefficient (Wildman–Crippen LogP) is 4.31. The zero-order valence-electron chi connectivity index (χ0n) is 13.1. The average Bonchev–Trinajstić information content (AvgIpc) is 3.01. The van der Waals surface area contributed by atoms with Crippen LogP contribution >= 0.6 is 11.3 Å². The Morgan fingerprint density at radius 1 is 1.23 bits per heavy atom. The Balaban J connectivity index is 1.69. The lowest BCUT2D eigenvalue weighted by Gasteiger charge is -2.12. The molecule has 0 saturated carbocycles. The molecule has 2 aromatic heterocycles. The summed E-state index contributed by atoms with van der Waals surface area (Å²) in [4.78, 5) is 16.4. The van der Waals surface area contributed by atoms with Gasteiger partial charge in [-0.15, -0.1) is 11.3 Å². The first kappa shape index (κ1) is 18.1. The van der Waals surface area contributed by atoms with E-state index in [0.717, 1.165) is 4.70 Å². The average molecular weight is 384 g/mol. The van der Waals surface area contributed by atoms with Crippen LogP contribution in [0.5, 0.6) is 5.88 Å².